The van der Waals surface area contributed by atoms with Gasteiger partial charge in [0.25, 0.3) is 0 Å². The number of para-hydroxylation sites is 1. The number of aromatic nitrogens is 2. The Morgan fingerprint density at radius 2 is 1.88 bits per heavy atom. The van der Waals surface area contributed by atoms with Crippen LogP contribution in [0.1, 0.15) is 52.5 Å². The number of carboxylic acids is 1. The van der Waals surface area contributed by atoms with Crippen molar-refractivity contribution in [3.05, 3.63) is 94.0 Å². The molecule has 0 amide bonds. The molecule has 3 aromatic carbocycles. The number of halogens is 2. The molecule has 0 unspecified atom stereocenters. The molecular weight excluding hydrogens is 554 g/mol. The summed E-state index contributed by atoms with van der Waals surface area (Å²) in [5, 5.41) is 9.01. The molecule has 6 rings (SSSR count). The van der Waals surface area contributed by atoms with Crippen LogP contribution in [-0.2, 0) is 23.2 Å². The zero-order valence-electron chi connectivity index (χ0n) is 23.9. The zero-order chi connectivity index (χ0) is 29.4. The fourth-order valence-corrected chi connectivity index (χ4v) is 6.24. The van der Waals surface area contributed by atoms with E-state index >= 15 is 0 Å². The molecule has 11 heteroatoms. The molecule has 0 spiro atoms. The Morgan fingerprint density at radius 1 is 1.12 bits per heavy atom. The van der Waals surface area contributed by atoms with E-state index in [2.05, 4.69) is 15.5 Å². The van der Waals surface area contributed by atoms with Crippen molar-refractivity contribution in [1.82, 2.24) is 14.5 Å². The van der Waals surface area contributed by atoms with Crippen molar-refractivity contribution in [2.24, 2.45) is 0 Å². The van der Waals surface area contributed by atoms with Crippen molar-refractivity contribution in [1.29, 1.82) is 0 Å². The Bertz CT molecular complexity index is 1620. The summed E-state index contributed by atoms with van der Waals surface area (Å²) in [5.41, 5.74) is 3.49. The van der Waals surface area contributed by atoms with E-state index in [1.54, 1.807) is 30.3 Å². The molecule has 4 aromatic rings. The van der Waals surface area contributed by atoms with Crippen molar-refractivity contribution < 1.29 is 23.8 Å². The molecule has 2 fully saturated rings. The predicted molar refractivity (Wildman–Crippen MR) is 166 cm³/mol. The zero-order valence-corrected chi connectivity index (χ0v) is 24.6. The number of rotatable bonds is 9. The molecule has 42 heavy (non-hydrogen) atoms. The summed E-state index contributed by atoms with van der Waals surface area (Å²) in [6.07, 6.45) is 3.02. The van der Waals surface area contributed by atoms with Crippen molar-refractivity contribution in [3.63, 3.8) is 0 Å². The van der Waals surface area contributed by atoms with Crippen LogP contribution in [-0.4, -0.2) is 67.0 Å². The number of ether oxygens (including phenoxy) is 2. The van der Waals surface area contributed by atoms with Crippen LogP contribution in [0, 0.1) is 5.82 Å². The molecule has 1 aromatic heterocycles. The molecule has 2 saturated heterocycles. The summed E-state index contributed by atoms with van der Waals surface area (Å²) in [6, 6.07) is 17.9. The minimum atomic E-state index is -0.945. The molecule has 2 aliphatic rings. The minimum absolute atomic E-state index is 0.127. The third-order valence-corrected chi connectivity index (χ3v) is 8.75. The van der Waals surface area contributed by atoms with Gasteiger partial charge in [-0.1, -0.05) is 35.9 Å². The van der Waals surface area contributed by atoms with Gasteiger partial charge in [0.15, 0.2) is 15.7 Å². The van der Waals surface area contributed by atoms with E-state index in [1.165, 1.54) is 6.07 Å². The van der Waals surface area contributed by atoms with Gasteiger partial charge in [-0.15, -0.1) is 0 Å². The number of nitrogens with zero attached hydrogens (tertiary/aromatic N) is 3. The maximum atomic E-state index is 14.8. The lowest BCUT2D eigenvalue weighted by atomic mass is 9.61. The van der Waals surface area contributed by atoms with Crippen LogP contribution in [0.4, 0.5) is 4.39 Å². The number of carboxylic acid groups (broad SMARTS) is 1. The SMILES string of the molecule is BC(B)(Oc1ccccc1C1CCN(Cc2nc3ccc(C(=O)O)cc3n2C[C@@H]2CCO2)CC1)c1ccc(Cl)cc1F. The van der Waals surface area contributed by atoms with Crippen LogP contribution >= 0.6 is 11.6 Å². The van der Waals surface area contributed by atoms with Gasteiger partial charge in [-0.2, -0.15) is 0 Å². The molecule has 0 saturated carbocycles. The van der Waals surface area contributed by atoms with E-state index in [1.807, 2.05) is 33.9 Å². The van der Waals surface area contributed by atoms with Crippen LogP contribution in [0.15, 0.2) is 60.7 Å². The number of fused-ring (bicyclic) bond motifs is 1. The Morgan fingerprint density at radius 3 is 2.57 bits per heavy atom. The van der Waals surface area contributed by atoms with Crippen molar-refractivity contribution in [3.8, 4) is 5.75 Å². The van der Waals surface area contributed by atoms with E-state index in [0.29, 0.717) is 29.6 Å². The fourth-order valence-electron chi connectivity index (χ4n) is 6.08. The van der Waals surface area contributed by atoms with Crippen LogP contribution in [0.25, 0.3) is 11.0 Å². The number of aromatic carboxylic acids is 1. The van der Waals surface area contributed by atoms with E-state index in [-0.39, 0.29) is 17.5 Å². The van der Waals surface area contributed by atoms with Gasteiger partial charge < -0.3 is 19.1 Å². The van der Waals surface area contributed by atoms with E-state index < -0.39 is 11.4 Å². The first-order chi connectivity index (χ1) is 20.2. The highest BCUT2D eigenvalue weighted by molar-refractivity contribution is 6.39. The molecule has 3 heterocycles. The van der Waals surface area contributed by atoms with Crippen molar-refractivity contribution >= 4 is 44.3 Å². The Hall–Kier alpha value is -3.33. The molecule has 0 radical (unpaired) electrons. The highest BCUT2D eigenvalue weighted by Gasteiger charge is 2.30. The van der Waals surface area contributed by atoms with E-state index in [0.717, 1.165) is 67.1 Å². The molecule has 0 bridgehead atoms. The van der Waals surface area contributed by atoms with Gasteiger partial charge in [-0.3, -0.25) is 4.90 Å². The second-order valence-corrected chi connectivity index (χ2v) is 12.2. The van der Waals surface area contributed by atoms with E-state index in [9.17, 15) is 14.3 Å². The smallest absolute Gasteiger partial charge is 0.335 e. The summed E-state index contributed by atoms with van der Waals surface area (Å²) in [4.78, 5) is 18.9. The van der Waals surface area contributed by atoms with Gasteiger partial charge in [0.1, 0.15) is 17.4 Å². The van der Waals surface area contributed by atoms with E-state index in [4.69, 9.17) is 26.1 Å². The average Bonchev–Trinajstić information content (AvgIpc) is 3.27. The summed E-state index contributed by atoms with van der Waals surface area (Å²) >= 11 is 5.98. The second kappa shape index (κ2) is 11.7. The molecular formula is C31H33B2ClFN3O4. The standard InChI is InChI=1S/C31H33B2ClFN3O4/c32-31(33,24-7-6-21(34)16-25(24)35)42-28-4-2-1-3-23(28)19-9-12-37(13-10-19)18-29-36-26-8-5-20(30(39)40)15-27(26)38(29)17-22-11-14-41-22/h1-8,15-16,19,22H,9-14,17-18,32-33H2,(H,39,40)/t22-/m0/s1. The highest BCUT2D eigenvalue weighted by Crippen LogP contribution is 2.37. The molecule has 0 aliphatic carbocycles. The topological polar surface area (TPSA) is 76.8 Å². The third kappa shape index (κ3) is 5.93. The molecule has 2 aliphatic heterocycles. The lowest BCUT2D eigenvalue weighted by Crippen LogP contribution is -2.37. The summed E-state index contributed by atoms with van der Waals surface area (Å²) in [6.45, 7) is 3.88. The lowest BCUT2D eigenvalue weighted by Gasteiger charge is -2.35. The Kier molecular flexibility index (Phi) is 8.05. The molecule has 7 nitrogen and oxygen atoms in total. The van der Waals surface area contributed by atoms with Gasteiger partial charge in [0.05, 0.1) is 41.2 Å². The molecule has 216 valence electrons. The maximum absolute atomic E-state index is 14.8. The average molecular weight is 588 g/mol. The second-order valence-electron chi connectivity index (χ2n) is 11.8. The normalized spacial score (nSPS) is 18.2. The maximum Gasteiger partial charge on any atom is 0.335 e. The number of carbonyl (C=O) groups is 1. The van der Waals surface area contributed by atoms with Crippen LogP contribution in [0.3, 0.4) is 0 Å². The Balaban J connectivity index is 1.17. The first-order valence-corrected chi connectivity index (χ1v) is 14.9. The monoisotopic (exact) mass is 587 g/mol. The lowest BCUT2D eigenvalue weighted by molar-refractivity contribution is -0.0592. The number of hydrogen-bond acceptors (Lipinski definition) is 5. The van der Waals surface area contributed by atoms with Gasteiger partial charge in [0.2, 0.25) is 0 Å². The fraction of sp³-hybridized carbons (Fsp3) is 0.355. The van der Waals surface area contributed by atoms with Crippen molar-refractivity contribution in [2.45, 2.75) is 49.8 Å². The van der Waals surface area contributed by atoms with Crippen LogP contribution in [0.2, 0.25) is 5.02 Å². The first kappa shape index (κ1) is 28.8. The predicted octanol–water partition coefficient (Wildman–Crippen LogP) is 4.15. The quantitative estimate of drug-likeness (QED) is 0.297. The Labute approximate surface area is 251 Å². The highest BCUT2D eigenvalue weighted by atomic mass is 35.5. The summed E-state index contributed by atoms with van der Waals surface area (Å²) < 4.78 is 29.1. The van der Waals surface area contributed by atoms with Crippen LogP contribution < -0.4 is 4.74 Å². The van der Waals surface area contributed by atoms with Gasteiger partial charge in [0, 0.05) is 17.2 Å². The number of piperidine rings is 1. The van der Waals surface area contributed by atoms with Gasteiger partial charge >= 0.3 is 5.97 Å². The molecule has 1 atom stereocenters. The first-order valence-electron chi connectivity index (χ1n) is 14.5. The minimum Gasteiger partial charge on any atom is -0.501 e. The number of likely N-dealkylation sites (tertiary alicyclic amines) is 1. The largest absolute Gasteiger partial charge is 0.501 e. The third-order valence-electron chi connectivity index (χ3n) is 8.51. The number of imidazole rings is 1. The number of hydrogen-bond donors (Lipinski definition) is 1. The molecule has 1 N–H and O–H groups in total. The number of benzene rings is 3. The van der Waals surface area contributed by atoms with Gasteiger partial charge in [-0.05, 0) is 80.2 Å². The van der Waals surface area contributed by atoms with Crippen LogP contribution in [0.5, 0.6) is 5.75 Å². The summed E-state index contributed by atoms with van der Waals surface area (Å²) in [5.74, 6) is 0.680. The van der Waals surface area contributed by atoms with Crippen molar-refractivity contribution in [2.75, 3.05) is 19.7 Å². The van der Waals surface area contributed by atoms with Gasteiger partial charge in [-0.25, -0.2) is 14.2 Å². The summed E-state index contributed by atoms with van der Waals surface area (Å²) in [7, 11) is 3.75.